The first-order valence-corrected chi connectivity index (χ1v) is 11.6. The van der Waals surface area contributed by atoms with E-state index in [1.165, 1.54) is 11.8 Å². The van der Waals surface area contributed by atoms with E-state index in [4.69, 9.17) is 0 Å². The number of nitrogens with one attached hydrogen (secondary N) is 1. The van der Waals surface area contributed by atoms with E-state index in [-0.39, 0.29) is 17.6 Å². The van der Waals surface area contributed by atoms with Crippen LogP contribution in [0.1, 0.15) is 41.9 Å². The van der Waals surface area contributed by atoms with Gasteiger partial charge in [0.15, 0.2) is 0 Å². The molecule has 1 aromatic carbocycles. The standard InChI is InChI=1S/C21H24N8O2S/c1-13-18(14(2)28(24-13)15-6-4-3-5-7-15)19-20(31)22-10-11-27(19)17(30)12-32-21-23-25-26-29(21)16-8-9-16/h3-7,16,19H,8-12H2,1-2H3,(H,22,31). The van der Waals surface area contributed by atoms with Gasteiger partial charge in [-0.15, -0.1) is 5.10 Å². The number of aryl methyl sites for hydroxylation is 1. The first-order chi connectivity index (χ1) is 15.5. The fraction of sp³-hybridized carbons (Fsp3) is 0.429. The van der Waals surface area contributed by atoms with Crippen LogP contribution in [0.2, 0.25) is 0 Å². The number of thioether (sulfide) groups is 1. The second-order valence-electron chi connectivity index (χ2n) is 8.04. The first-order valence-electron chi connectivity index (χ1n) is 10.6. The molecule has 0 radical (unpaired) electrons. The lowest BCUT2D eigenvalue weighted by Crippen LogP contribution is -2.53. The Kier molecular flexibility index (Phi) is 5.41. The normalized spacial score (nSPS) is 18.6. The van der Waals surface area contributed by atoms with Crippen LogP contribution in [0.3, 0.4) is 0 Å². The van der Waals surface area contributed by atoms with E-state index < -0.39 is 6.04 Å². The Morgan fingerprint density at radius 1 is 1.22 bits per heavy atom. The zero-order valence-electron chi connectivity index (χ0n) is 17.9. The Morgan fingerprint density at radius 2 is 2.00 bits per heavy atom. The molecular weight excluding hydrogens is 428 g/mol. The van der Waals surface area contributed by atoms with Crippen molar-refractivity contribution in [3.63, 3.8) is 0 Å². The van der Waals surface area contributed by atoms with Gasteiger partial charge in [0, 0.05) is 24.3 Å². The molecule has 2 aliphatic rings. The summed E-state index contributed by atoms with van der Waals surface area (Å²) in [6.45, 7) is 4.69. The third-order valence-corrected chi connectivity index (χ3v) is 6.75. The van der Waals surface area contributed by atoms with Gasteiger partial charge >= 0.3 is 0 Å². The van der Waals surface area contributed by atoms with Crippen molar-refractivity contribution >= 4 is 23.6 Å². The molecule has 5 rings (SSSR count). The third-order valence-electron chi connectivity index (χ3n) is 5.83. The van der Waals surface area contributed by atoms with Crippen molar-refractivity contribution in [3.8, 4) is 5.69 Å². The highest BCUT2D eigenvalue weighted by molar-refractivity contribution is 7.99. The van der Waals surface area contributed by atoms with E-state index in [1.807, 2.05) is 48.9 Å². The van der Waals surface area contributed by atoms with Gasteiger partial charge in [0.25, 0.3) is 0 Å². The molecule has 2 fully saturated rings. The fourth-order valence-corrected chi connectivity index (χ4v) is 4.96. The molecule has 10 nitrogen and oxygen atoms in total. The molecule has 0 bridgehead atoms. The molecule has 3 heterocycles. The highest BCUT2D eigenvalue weighted by Crippen LogP contribution is 2.37. The number of hydrogen-bond donors (Lipinski definition) is 1. The monoisotopic (exact) mass is 452 g/mol. The highest BCUT2D eigenvalue weighted by atomic mass is 32.2. The minimum absolute atomic E-state index is 0.119. The van der Waals surface area contributed by atoms with Gasteiger partial charge in [0.05, 0.1) is 23.2 Å². The molecular formula is C21H24N8O2S. The molecule has 11 heteroatoms. The summed E-state index contributed by atoms with van der Waals surface area (Å²) in [5.74, 6) is -0.135. The van der Waals surface area contributed by atoms with E-state index in [9.17, 15) is 9.59 Å². The van der Waals surface area contributed by atoms with Gasteiger partial charge in [0.1, 0.15) is 6.04 Å². The van der Waals surface area contributed by atoms with Gasteiger partial charge in [-0.25, -0.2) is 9.36 Å². The summed E-state index contributed by atoms with van der Waals surface area (Å²) in [6, 6.07) is 9.39. The third kappa shape index (κ3) is 3.77. The lowest BCUT2D eigenvalue weighted by Gasteiger charge is -2.35. The molecule has 1 aliphatic heterocycles. The average Bonchev–Trinajstić information content (AvgIpc) is 3.46. The van der Waals surface area contributed by atoms with Gasteiger partial charge < -0.3 is 10.2 Å². The maximum Gasteiger partial charge on any atom is 0.247 e. The summed E-state index contributed by atoms with van der Waals surface area (Å²) < 4.78 is 3.62. The van der Waals surface area contributed by atoms with Crippen LogP contribution in [0.4, 0.5) is 0 Å². The Balaban J connectivity index is 1.40. The number of hydrogen-bond acceptors (Lipinski definition) is 7. The Morgan fingerprint density at radius 3 is 2.75 bits per heavy atom. The van der Waals surface area contributed by atoms with E-state index >= 15 is 0 Å². The quantitative estimate of drug-likeness (QED) is 0.566. The summed E-state index contributed by atoms with van der Waals surface area (Å²) in [5.41, 5.74) is 3.26. The molecule has 1 aliphatic carbocycles. The summed E-state index contributed by atoms with van der Waals surface area (Å²) in [6.07, 6.45) is 2.12. The van der Waals surface area contributed by atoms with Crippen molar-refractivity contribution in [3.05, 3.63) is 47.3 Å². The number of carbonyl (C=O) groups excluding carboxylic acids is 2. The largest absolute Gasteiger partial charge is 0.352 e. The summed E-state index contributed by atoms with van der Waals surface area (Å²) >= 11 is 1.32. The van der Waals surface area contributed by atoms with E-state index in [0.29, 0.717) is 24.3 Å². The van der Waals surface area contributed by atoms with Crippen molar-refractivity contribution in [2.24, 2.45) is 0 Å². The summed E-state index contributed by atoms with van der Waals surface area (Å²) in [5, 5.41) is 20.1. The second kappa shape index (κ2) is 8.38. The maximum atomic E-state index is 13.2. The molecule has 1 N–H and O–H groups in total. The Hall–Kier alpha value is -3.21. The van der Waals surface area contributed by atoms with Crippen LogP contribution in [-0.2, 0) is 9.59 Å². The fourth-order valence-electron chi connectivity index (χ4n) is 4.13. The molecule has 166 valence electrons. The molecule has 2 amide bonds. The molecule has 3 aromatic rings. The summed E-state index contributed by atoms with van der Waals surface area (Å²) in [7, 11) is 0. The van der Waals surface area contributed by atoms with Gasteiger partial charge in [-0.05, 0) is 49.2 Å². The van der Waals surface area contributed by atoms with Crippen molar-refractivity contribution in [1.29, 1.82) is 0 Å². The molecule has 1 saturated heterocycles. The van der Waals surface area contributed by atoms with Crippen molar-refractivity contribution in [2.45, 2.75) is 43.9 Å². The number of rotatable bonds is 6. The van der Waals surface area contributed by atoms with Gasteiger partial charge in [-0.2, -0.15) is 5.10 Å². The molecule has 1 saturated carbocycles. The molecule has 2 aromatic heterocycles. The van der Waals surface area contributed by atoms with Crippen molar-refractivity contribution in [2.75, 3.05) is 18.8 Å². The molecule has 32 heavy (non-hydrogen) atoms. The van der Waals surface area contributed by atoms with Gasteiger partial charge in [0.2, 0.25) is 17.0 Å². The first kappa shape index (κ1) is 20.7. The van der Waals surface area contributed by atoms with Crippen molar-refractivity contribution in [1.82, 2.24) is 40.2 Å². The van der Waals surface area contributed by atoms with Crippen LogP contribution in [0.15, 0.2) is 35.5 Å². The SMILES string of the molecule is Cc1nn(-c2ccccc2)c(C)c1C1C(=O)NCCN1C(=O)CSc1nnnn1C1CC1. The highest BCUT2D eigenvalue weighted by Gasteiger charge is 2.38. The number of para-hydroxylation sites is 1. The number of carbonyl (C=O) groups is 2. The molecule has 1 atom stereocenters. The zero-order chi connectivity index (χ0) is 22.2. The predicted octanol–water partition coefficient (Wildman–Crippen LogP) is 1.60. The maximum absolute atomic E-state index is 13.2. The van der Waals surface area contributed by atoms with E-state index in [2.05, 4.69) is 25.9 Å². The number of tetrazole rings is 1. The van der Waals surface area contributed by atoms with Crippen LogP contribution in [0.25, 0.3) is 5.69 Å². The lowest BCUT2D eigenvalue weighted by molar-refractivity contribution is -0.141. The average molecular weight is 453 g/mol. The minimum Gasteiger partial charge on any atom is -0.352 e. The number of amides is 2. The molecule has 0 spiro atoms. The topological polar surface area (TPSA) is 111 Å². The van der Waals surface area contributed by atoms with Crippen LogP contribution < -0.4 is 5.32 Å². The Bertz CT molecular complexity index is 1150. The van der Waals surface area contributed by atoms with Crippen LogP contribution in [-0.4, -0.2) is 65.5 Å². The Labute approximate surface area is 189 Å². The van der Waals surface area contributed by atoms with Crippen molar-refractivity contribution < 1.29 is 9.59 Å². The van der Waals surface area contributed by atoms with E-state index in [0.717, 1.165) is 35.5 Å². The number of benzene rings is 1. The zero-order valence-corrected chi connectivity index (χ0v) is 18.7. The number of nitrogens with zero attached hydrogens (tertiary/aromatic N) is 7. The van der Waals surface area contributed by atoms with Crippen LogP contribution in [0, 0.1) is 13.8 Å². The summed E-state index contributed by atoms with van der Waals surface area (Å²) in [4.78, 5) is 27.9. The van der Waals surface area contributed by atoms with Gasteiger partial charge in [-0.1, -0.05) is 30.0 Å². The number of aromatic nitrogens is 6. The molecule has 1 unspecified atom stereocenters. The second-order valence-corrected chi connectivity index (χ2v) is 8.98. The van der Waals surface area contributed by atoms with Gasteiger partial charge in [-0.3, -0.25) is 9.59 Å². The van der Waals surface area contributed by atoms with Crippen LogP contribution in [0.5, 0.6) is 0 Å². The minimum atomic E-state index is -0.714. The predicted molar refractivity (Wildman–Crippen MR) is 117 cm³/mol. The van der Waals surface area contributed by atoms with E-state index in [1.54, 1.807) is 9.58 Å². The van der Waals surface area contributed by atoms with Crippen LogP contribution >= 0.6 is 11.8 Å². The smallest absolute Gasteiger partial charge is 0.247 e. The number of piperazine rings is 1. The lowest BCUT2D eigenvalue weighted by atomic mass is 10.00.